The maximum Gasteiger partial charge on any atom is 0.321 e. The number of hydrogen-bond donors (Lipinski definition) is 5. The number of H-pyrrole nitrogens is 1. The van der Waals surface area contributed by atoms with E-state index in [4.69, 9.17) is 11.1 Å². The van der Waals surface area contributed by atoms with Crippen molar-refractivity contribution in [3.05, 3.63) is 22.1 Å². The van der Waals surface area contributed by atoms with Gasteiger partial charge in [-0.3, -0.25) is 20.5 Å². The summed E-state index contributed by atoms with van der Waals surface area (Å²) >= 11 is 1.22. The van der Waals surface area contributed by atoms with Gasteiger partial charge in [0.2, 0.25) is 5.95 Å². The Kier molecular flexibility index (Phi) is 5.86. The number of carbonyl (C=O) groups is 1. The molecular formula is C10H16N6O2S. The number of nitrogens with one attached hydrogen (secondary N) is 4. The first-order valence-electron chi connectivity index (χ1n) is 5.57. The van der Waals surface area contributed by atoms with Crippen LogP contribution in [0.4, 0.5) is 10.7 Å². The summed E-state index contributed by atoms with van der Waals surface area (Å²) in [6.07, 6.45) is 0.690. The van der Waals surface area contributed by atoms with Crippen LogP contribution in [0.2, 0.25) is 0 Å². The highest BCUT2D eigenvalue weighted by molar-refractivity contribution is 8.13. The van der Waals surface area contributed by atoms with Gasteiger partial charge < -0.3 is 11.1 Å². The second-order valence-electron chi connectivity index (χ2n) is 3.68. The van der Waals surface area contributed by atoms with Crippen LogP contribution in [0.25, 0.3) is 0 Å². The molecule has 0 saturated heterocycles. The lowest BCUT2D eigenvalue weighted by atomic mass is 10.4. The molecule has 8 nitrogen and oxygen atoms in total. The fourth-order valence-electron chi connectivity index (χ4n) is 1.25. The summed E-state index contributed by atoms with van der Waals surface area (Å²) in [4.78, 5) is 29.0. The number of amides is 2. The van der Waals surface area contributed by atoms with Crippen LogP contribution in [0.15, 0.2) is 10.9 Å². The van der Waals surface area contributed by atoms with E-state index in [9.17, 15) is 9.59 Å². The van der Waals surface area contributed by atoms with Crippen molar-refractivity contribution in [2.45, 2.75) is 13.3 Å². The van der Waals surface area contributed by atoms with E-state index >= 15 is 0 Å². The number of urea groups is 1. The second kappa shape index (κ2) is 7.41. The minimum atomic E-state index is -0.443. The zero-order valence-electron chi connectivity index (χ0n) is 10.4. The van der Waals surface area contributed by atoms with Crippen LogP contribution in [0.3, 0.4) is 0 Å². The number of hydrogen-bond acceptors (Lipinski definition) is 5. The Morgan fingerprint density at radius 1 is 1.63 bits per heavy atom. The first kappa shape index (κ1) is 15.0. The largest absolute Gasteiger partial charge is 0.379 e. The number of amidine groups is 1. The molecule has 1 aromatic heterocycles. The van der Waals surface area contributed by atoms with E-state index in [0.29, 0.717) is 24.4 Å². The van der Waals surface area contributed by atoms with Gasteiger partial charge in [-0.2, -0.15) is 0 Å². The highest BCUT2D eigenvalue weighted by Gasteiger charge is 2.03. The fraction of sp³-hybridized carbons (Fsp3) is 0.400. The van der Waals surface area contributed by atoms with Gasteiger partial charge in [-0.15, -0.1) is 0 Å². The lowest BCUT2D eigenvalue weighted by Gasteiger charge is -2.06. The van der Waals surface area contributed by atoms with E-state index in [0.717, 1.165) is 0 Å². The number of anilines is 1. The highest BCUT2D eigenvalue weighted by atomic mass is 32.2. The molecule has 0 aliphatic heterocycles. The first-order chi connectivity index (χ1) is 8.97. The van der Waals surface area contributed by atoms with Crippen molar-refractivity contribution in [1.29, 1.82) is 5.41 Å². The average molecular weight is 284 g/mol. The van der Waals surface area contributed by atoms with Crippen LogP contribution in [0.1, 0.15) is 12.1 Å². The van der Waals surface area contributed by atoms with Crippen LogP contribution in [0, 0.1) is 12.3 Å². The Morgan fingerprint density at radius 3 is 3.00 bits per heavy atom. The van der Waals surface area contributed by atoms with Gasteiger partial charge in [0.15, 0.2) is 5.17 Å². The number of thioether (sulfide) groups is 1. The molecule has 1 rings (SSSR count). The molecule has 19 heavy (non-hydrogen) atoms. The Morgan fingerprint density at radius 2 is 2.37 bits per heavy atom. The third-order valence-corrected chi connectivity index (χ3v) is 2.77. The molecule has 0 fully saturated rings. The normalized spacial score (nSPS) is 9.95. The summed E-state index contributed by atoms with van der Waals surface area (Å²) in [5.41, 5.74) is 5.38. The van der Waals surface area contributed by atoms with Gasteiger partial charge in [-0.05, 0) is 13.3 Å². The van der Waals surface area contributed by atoms with Gasteiger partial charge in [-0.25, -0.2) is 9.78 Å². The SMILES string of the molecule is Cc1cc(=O)[nH]c(NC(=O)NCCCSC(=N)N)n1. The molecule has 0 aliphatic carbocycles. The molecule has 0 radical (unpaired) electrons. The number of nitrogens with two attached hydrogens (primary N) is 1. The molecule has 0 spiro atoms. The number of aromatic nitrogens is 2. The lowest BCUT2D eigenvalue weighted by molar-refractivity contribution is 0.252. The van der Waals surface area contributed by atoms with Crippen molar-refractivity contribution < 1.29 is 4.79 Å². The zero-order chi connectivity index (χ0) is 14.3. The zero-order valence-corrected chi connectivity index (χ0v) is 11.3. The van der Waals surface area contributed by atoms with Crippen LogP contribution >= 0.6 is 11.8 Å². The molecule has 0 bridgehead atoms. The standard InChI is InChI=1S/C10H16N6O2S/c1-6-5-7(17)15-9(14-6)16-10(18)13-3-2-4-19-8(11)12/h5H,2-4H2,1H3,(H3,11,12)(H3,13,14,15,16,17,18). The molecule has 1 heterocycles. The highest BCUT2D eigenvalue weighted by Crippen LogP contribution is 1.99. The predicted molar refractivity (Wildman–Crippen MR) is 75.6 cm³/mol. The summed E-state index contributed by atoms with van der Waals surface area (Å²) < 4.78 is 0. The predicted octanol–water partition coefficient (Wildman–Crippen LogP) is 0.217. The van der Waals surface area contributed by atoms with E-state index in [1.54, 1.807) is 6.92 Å². The maximum absolute atomic E-state index is 11.5. The molecule has 6 N–H and O–H groups in total. The summed E-state index contributed by atoms with van der Waals surface area (Å²) in [7, 11) is 0. The Labute approximate surface area is 114 Å². The van der Waals surface area contributed by atoms with Crippen molar-refractivity contribution in [3.63, 3.8) is 0 Å². The topological polar surface area (TPSA) is 137 Å². The van der Waals surface area contributed by atoms with E-state index in [-0.39, 0.29) is 16.7 Å². The molecule has 1 aromatic rings. The minimum absolute atomic E-state index is 0.0611. The second-order valence-corrected chi connectivity index (χ2v) is 4.82. The Hall–Kier alpha value is -2.03. The molecule has 104 valence electrons. The molecule has 9 heteroatoms. The van der Waals surface area contributed by atoms with Crippen LogP contribution in [0.5, 0.6) is 0 Å². The number of aromatic amines is 1. The van der Waals surface area contributed by atoms with Gasteiger partial charge in [-0.1, -0.05) is 11.8 Å². The van der Waals surface area contributed by atoms with Crippen molar-refractivity contribution in [1.82, 2.24) is 15.3 Å². The smallest absolute Gasteiger partial charge is 0.321 e. The van der Waals surface area contributed by atoms with Gasteiger partial charge in [0.05, 0.1) is 0 Å². The summed E-state index contributed by atoms with van der Waals surface area (Å²) in [6.45, 7) is 2.11. The fourth-order valence-corrected chi connectivity index (χ4v) is 1.75. The number of rotatable bonds is 5. The molecular weight excluding hydrogens is 268 g/mol. The molecule has 0 aromatic carbocycles. The number of nitrogens with zero attached hydrogens (tertiary/aromatic N) is 1. The number of carbonyl (C=O) groups excluding carboxylic acids is 1. The summed E-state index contributed by atoms with van der Waals surface area (Å²) in [6, 6.07) is 0.892. The quantitative estimate of drug-likeness (QED) is 0.299. The van der Waals surface area contributed by atoms with Crippen molar-refractivity contribution in [2.75, 3.05) is 17.6 Å². The molecule has 0 atom stereocenters. The molecule has 0 unspecified atom stereocenters. The average Bonchev–Trinajstić information content (AvgIpc) is 2.26. The van der Waals surface area contributed by atoms with Crippen molar-refractivity contribution in [2.24, 2.45) is 5.73 Å². The molecule has 0 aliphatic rings. The van der Waals surface area contributed by atoms with E-state index in [2.05, 4.69) is 20.6 Å². The Balaban J connectivity index is 2.31. The summed E-state index contributed by atoms with van der Waals surface area (Å²) in [5, 5.41) is 12.1. The number of aryl methyl sites for hydroxylation is 1. The lowest BCUT2D eigenvalue weighted by Crippen LogP contribution is -2.31. The maximum atomic E-state index is 11.5. The Bertz CT molecular complexity index is 515. The van der Waals surface area contributed by atoms with Gasteiger partial charge >= 0.3 is 6.03 Å². The van der Waals surface area contributed by atoms with Crippen molar-refractivity contribution in [3.8, 4) is 0 Å². The molecule has 2 amide bonds. The van der Waals surface area contributed by atoms with Crippen LogP contribution < -0.4 is 21.9 Å². The van der Waals surface area contributed by atoms with E-state index in [1.165, 1.54) is 17.8 Å². The van der Waals surface area contributed by atoms with E-state index < -0.39 is 6.03 Å². The molecule has 0 saturated carbocycles. The van der Waals surface area contributed by atoms with Crippen LogP contribution in [-0.2, 0) is 0 Å². The van der Waals surface area contributed by atoms with Crippen molar-refractivity contribution >= 4 is 28.9 Å². The first-order valence-corrected chi connectivity index (χ1v) is 6.55. The van der Waals surface area contributed by atoms with E-state index in [1.807, 2.05) is 0 Å². The van der Waals surface area contributed by atoms with Gasteiger partial charge in [0.1, 0.15) is 0 Å². The summed E-state index contributed by atoms with van der Waals surface area (Å²) in [5.74, 6) is 0.774. The van der Waals surface area contributed by atoms with Gasteiger partial charge in [0, 0.05) is 24.1 Å². The third kappa shape index (κ3) is 6.46. The minimum Gasteiger partial charge on any atom is -0.379 e. The van der Waals surface area contributed by atoms with Gasteiger partial charge in [0.25, 0.3) is 5.56 Å². The third-order valence-electron chi connectivity index (χ3n) is 1.97. The monoisotopic (exact) mass is 284 g/mol. The van der Waals surface area contributed by atoms with Crippen LogP contribution in [-0.4, -0.2) is 33.5 Å².